The molecule has 9 nitrogen and oxygen atoms in total. The quantitative estimate of drug-likeness (QED) is 0.671. The summed E-state index contributed by atoms with van der Waals surface area (Å²) in [5, 5.41) is 24.0. The van der Waals surface area contributed by atoms with Crippen LogP contribution in [0.5, 0.6) is 11.5 Å². The summed E-state index contributed by atoms with van der Waals surface area (Å²) in [5.41, 5.74) is 0.480. The van der Waals surface area contributed by atoms with Crippen molar-refractivity contribution in [1.29, 1.82) is 0 Å². The monoisotopic (exact) mass is 279 g/mol. The molecular weight excluding hydrogens is 266 g/mol. The summed E-state index contributed by atoms with van der Waals surface area (Å²) in [6.45, 7) is 0.00119. The Morgan fingerprint density at radius 1 is 1.45 bits per heavy atom. The van der Waals surface area contributed by atoms with E-state index >= 15 is 0 Å². The highest BCUT2D eigenvalue weighted by Gasteiger charge is 2.12. The van der Waals surface area contributed by atoms with Crippen LogP contribution < -0.4 is 14.8 Å². The van der Waals surface area contributed by atoms with Crippen molar-refractivity contribution in [3.8, 4) is 11.5 Å². The van der Waals surface area contributed by atoms with Crippen LogP contribution in [0.4, 0.5) is 5.69 Å². The molecule has 0 unspecified atom stereocenters. The van der Waals surface area contributed by atoms with Crippen LogP contribution in [-0.4, -0.2) is 52.0 Å². The third-order valence-corrected chi connectivity index (χ3v) is 2.32. The predicted octanol–water partition coefficient (Wildman–Crippen LogP) is -0.168. The lowest BCUT2D eigenvalue weighted by molar-refractivity contribution is 0.101. The van der Waals surface area contributed by atoms with E-state index in [-0.39, 0.29) is 19.0 Å². The number of aliphatic hydroxyl groups excluding tert-OH is 1. The number of H-pyrrole nitrogens is 1. The van der Waals surface area contributed by atoms with E-state index in [4.69, 9.17) is 14.6 Å². The first-order valence-electron chi connectivity index (χ1n) is 5.71. The van der Waals surface area contributed by atoms with Crippen LogP contribution in [0.1, 0.15) is 10.6 Å². The van der Waals surface area contributed by atoms with Gasteiger partial charge in [0.25, 0.3) is 11.7 Å². The van der Waals surface area contributed by atoms with Gasteiger partial charge >= 0.3 is 0 Å². The summed E-state index contributed by atoms with van der Waals surface area (Å²) < 4.78 is 10.4. The van der Waals surface area contributed by atoms with Crippen LogP contribution in [0.15, 0.2) is 18.2 Å². The number of rotatable bonds is 6. The summed E-state index contributed by atoms with van der Waals surface area (Å²) in [6, 6.07) is 4.85. The number of ether oxygens (including phenoxy) is 2. The number of aliphatic hydroxyl groups is 1. The smallest absolute Gasteiger partial charge is 0.297 e. The fourth-order valence-corrected chi connectivity index (χ4v) is 1.47. The SMILES string of the molecule is COc1ccc(NC(=O)c2nn[nH]n2)cc1OCCO. The Kier molecular flexibility index (Phi) is 4.45. The fraction of sp³-hybridized carbons (Fsp3) is 0.273. The number of carbonyl (C=O) groups excluding carboxylic acids is 1. The molecule has 0 saturated carbocycles. The third kappa shape index (κ3) is 3.20. The molecule has 2 aromatic rings. The first-order chi connectivity index (χ1) is 9.74. The lowest BCUT2D eigenvalue weighted by Crippen LogP contribution is -2.14. The zero-order valence-electron chi connectivity index (χ0n) is 10.7. The van der Waals surface area contributed by atoms with Crippen LogP contribution in [0.2, 0.25) is 0 Å². The van der Waals surface area contributed by atoms with Crippen molar-refractivity contribution in [2.45, 2.75) is 0 Å². The fourth-order valence-electron chi connectivity index (χ4n) is 1.47. The Morgan fingerprint density at radius 2 is 2.30 bits per heavy atom. The Bertz CT molecular complexity index is 572. The molecule has 0 aliphatic carbocycles. The number of hydrogen-bond donors (Lipinski definition) is 3. The molecule has 0 aliphatic rings. The van der Waals surface area contributed by atoms with Gasteiger partial charge in [0.1, 0.15) is 6.61 Å². The number of nitrogens with zero attached hydrogens (tertiary/aromatic N) is 3. The minimum Gasteiger partial charge on any atom is -0.493 e. The molecule has 1 amide bonds. The zero-order chi connectivity index (χ0) is 14.4. The molecule has 20 heavy (non-hydrogen) atoms. The summed E-state index contributed by atoms with van der Waals surface area (Å²) in [7, 11) is 1.50. The van der Waals surface area contributed by atoms with Gasteiger partial charge in [-0.1, -0.05) is 0 Å². The Labute approximate surface area is 113 Å². The molecule has 1 aromatic heterocycles. The first kappa shape index (κ1) is 13.7. The second kappa shape index (κ2) is 6.48. The highest BCUT2D eigenvalue weighted by Crippen LogP contribution is 2.30. The number of aromatic amines is 1. The highest BCUT2D eigenvalue weighted by atomic mass is 16.5. The molecule has 0 saturated heterocycles. The summed E-state index contributed by atoms with van der Waals surface area (Å²) in [6.07, 6.45) is 0. The normalized spacial score (nSPS) is 10.1. The minimum atomic E-state index is -0.503. The molecule has 0 radical (unpaired) electrons. The molecule has 0 fully saturated rings. The topological polar surface area (TPSA) is 122 Å². The van der Waals surface area contributed by atoms with Crippen molar-refractivity contribution in [3.05, 3.63) is 24.0 Å². The maximum Gasteiger partial charge on any atom is 0.297 e. The first-order valence-corrected chi connectivity index (χ1v) is 5.71. The van der Waals surface area contributed by atoms with Crippen molar-refractivity contribution < 1.29 is 19.4 Å². The number of carbonyl (C=O) groups is 1. The molecule has 106 valence electrons. The molecule has 3 N–H and O–H groups in total. The number of hydrogen-bond acceptors (Lipinski definition) is 7. The number of amides is 1. The number of anilines is 1. The van der Waals surface area contributed by atoms with Gasteiger partial charge in [0, 0.05) is 11.8 Å². The van der Waals surface area contributed by atoms with Gasteiger partial charge in [0.2, 0.25) is 0 Å². The third-order valence-electron chi connectivity index (χ3n) is 2.32. The van der Waals surface area contributed by atoms with Gasteiger partial charge in [-0.2, -0.15) is 5.21 Å². The standard InChI is InChI=1S/C11H13N5O4/c1-19-8-3-2-7(6-9(8)20-5-4-17)12-11(18)10-13-15-16-14-10/h2-3,6,17H,4-5H2,1H3,(H,12,18)(H,13,14,15,16). The molecule has 0 aliphatic heterocycles. The average Bonchev–Trinajstić information content (AvgIpc) is 2.99. The van der Waals surface area contributed by atoms with E-state index in [0.29, 0.717) is 17.2 Å². The van der Waals surface area contributed by atoms with Crippen molar-refractivity contribution >= 4 is 11.6 Å². The molecule has 9 heteroatoms. The average molecular weight is 279 g/mol. The zero-order valence-corrected chi connectivity index (χ0v) is 10.7. The largest absolute Gasteiger partial charge is 0.493 e. The predicted molar refractivity (Wildman–Crippen MR) is 67.7 cm³/mol. The lowest BCUT2D eigenvalue weighted by atomic mass is 10.2. The van der Waals surface area contributed by atoms with E-state index in [9.17, 15) is 4.79 Å². The van der Waals surface area contributed by atoms with E-state index in [1.54, 1.807) is 18.2 Å². The number of nitrogens with one attached hydrogen (secondary N) is 2. The van der Waals surface area contributed by atoms with Crippen LogP contribution >= 0.6 is 0 Å². The molecule has 0 atom stereocenters. The van der Waals surface area contributed by atoms with Gasteiger partial charge in [-0.15, -0.1) is 10.2 Å². The van der Waals surface area contributed by atoms with Gasteiger partial charge < -0.3 is 19.9 Å². The Hall–Kier alpha value is -2.68. The van der Waals surface area contributed by atoms with Crippen LogP contribution in [0.3, 0.4) is 0 Å². The second-order valence-electron chi connectivity index (χ2n) is 3.63. The number of tetrazole rings is 1. The van der Waals surface area contributed by atoms with E-state index in [1.165, 1.54) is 7.11 Å². The van der Waals surface area contributed by atoms with Gasteiger partial charge in [-0.05, 0) is 17.3 Å². The molecule has 0 spiro atoms. The molecule has 2 rings (SSSR count). The summed E-state index contributed by atoms with van der Waals surface area (Å²) in [4.78, 5) is 11.7. The number of benzene rings is 1. The van der Waals surface area contributed by atoms with Crippen molar-refractivity contribution in [1.82, 2.24) is 20.6 Å². The van der Waals surface area contributed by atoms with Crippen LogP contribution in [0, 0.1) is 0 Å². The maximum absolute atomic E-state index is 11.7. The van der Waals surface area contributed by atoms with Gasteiger partial charge in [0.05, 0.1) is 13.7 Å². The molecule has 1 aromatic carbocycles. The molecule has 1 heterocycles. The van der Waals surface area contributed by atoms with Crippen molar-refractivity contribution in [2.75, 3.05) is 25.6 Å². The Morgan fingerprint density at radius 3 is 2.95 bits per heavy atom. The lowest BCUT2D eigenvalue weighted by Gasteiger charge is -2.11. The second-order valence-corrected chi connectivity index (χ2v) is 3.63. The minimum absolute atomic E-state index is 0.0707. The van der Waals surface area contributed by atoms with Crippen molar-refractivity contribution in [3.63, 3.8) is 0 Å². The van der Waals surface area contributed by atoms with E-state index in [2.05, 4.69) is 25.9 Å². The van der Waals surface area contributed by atoms with Gasteiger partial charge in [-0.3, -0.25) is 4.79 Å². The van der Waals surface area contributed by atoms with Gasteiger partial charge in [0.15, 0.2) is 11.5 Å². The Balaban J connectivity index is 2.13. The van der Waals surface area contributed by atoms with Crippen LogP contribution in [0.25, 0.3) is 0 Å². The number of methoxy groups -OCH3 is 1. The summed E-state index contributed by atoms with van der Waals surface area (Å²) in [5.74, 6) is 0.333. The van der Waals surface area contributed by atoms with E-state index < -0.39 is 5.91 Å². The maximum atomic E-state index is 11.7. The highest BCUT2D eigenvalue weighted by molar-refractivity contribution is 6.01. The molecule has 0 bridgehead atoms. The van der Waals surface area contributed by atoms with E-state index in [1.807, 2.05) is 0 Å². The summed E-state index contributed by atoms with van der Waals surface area (Å²) >= 11 is 0. The van der Waals surface area contributed by atoms with Gasteiger partial charge in [-0.25, -0.2) is 0 Å². The van der Waals surface area contributed by atoms with Crippen molar-refractivity contribution in [2.24, 2.45) is 0 Å². The van der Waals surface area contributed by atoms with E-state index in [0.717, 1.165) is 0 Å². The number of aromatic nitrogens is 4. The molecular formula is C11H13N5O4. The van der Waals surface area contributed by atoms with Crippen LogP contribution in [-0.2, 0) is 0 Å².